The first kappa shape index (κ1) is 15.6. The molecule has 122 valence electrons. The highest BCUT2D eigenvalue weighted by atomic mass is 16.7. The first-order chi connectivity index (χ1) is 11.2. The molecule has 0 saturated heterocycles. The number of aryl methyl sites for hydroxylation is 1. The molecule has 1 aromatic carbocycles. The monoisotopic (exact) mass is 314 g/mol. The maximum Gasteiger partial charge on any atom is 0.250 e. The van der Waals surface area contributed by atoms with Crippen molar-refractivity contribution in [1.82, 2.24) is 9.88 Å². The SMILES string of the molecule is C[C@@H](NCCCCn1ccccc1=O)c1ccc2c(c1)OCO2. The number of benzene rings is 1. The number of rotatable bonds is 7. The largest absolute Gasteiger partial charge is 0.454 e. The molecule has 1 aromatic heterocycles. The molecule has 0 amide bonds. The van der Waals surface area contributed by atoms with Crippen LogP contribution in [0.4, 0.5) is 0 Å². The lowest BCUT2D eigenvalue weighted by Gasteiger charge is -2.15. The molecule has 0 radical (unpaired) electrons. The molecular weight excluding hydrogens is 292 g/mol. The van der Waals surface area contributed by atoms with Crippen molar-refractivity contribution in [2.24, 2.45) is 0 Å². The van der Waals surface area contributed by atoms with Gasteiger partial charge in [-0.2, -0.15) is 0 Å². The molecule has 5 nitrogen and oxygen atoms in total. The summed E-state index contributed by atoms with van der Waals surface area (Å²) in [5, 5.41) is 3.51. The summed E-state index contributed by atoms with van der Waals surface area (Å²) in [5.41, 5.74) is 1.25. The van der Waals surface area contributed by atoms with Crippen molar-refractivity contribution in [3.8, 4) is 11.5 Å². The molecule has 1 aliphatic rings. The molecule has 0 fully saturated rings. The Bertz CT molecular complexity index is 711. The predicted molar refractivity (Wildman–Crippen MR) is 88.9 cm³/mol. The van der Waals surface area contributed by atoms with Crippen LogP contribution in [0, 0.1) is 0 Å². The summed E-state index contributed by atoms with van der Waals surface area (Å²) in [6, 6.07) is 11.6. The van der Waals surface area contributed by atoms with Crippen LogP contribution in [0.2, 0.25) is 0 Å². The van der Waals surface area contributed by atoms with Crippen LogP contribution < -0.4 is 20.3 Å². The second-order valence-corrected chi connectivity index (χ2v) is 5.73. The number of aromatic nitrogens is 1. The summed E-state index contributed by atoms with van der Waals surface area (Å²) in [4.78, 5) is 11.6. The third kappa shape index (κ3) is 3.93. The van der Waals surface area contributed by atoms with Crippen LogP contribution in [0.3, 0.4) is 0 Å². The molecule has 0 spiro atoms. The van der Waals surface area contributed by atoms with Gasteiger partial charge in [-0.05, 0) is 50.1 Å². The van der Waals surface area contributed by atoms with E-state index in [2.05, 4.69) is 18.3 Å². The molecule has 23 heavy (non-hydrogen) atoms. The number of nitrogens with one attached hydrogen (secondary N) is 1. The van der Waals surface area contributed by atoms with E-state index >= 15 is 0 Å². The van der Waals surface area contributed by atoms with Crippen molar-refractivity contribution in [3.63, 3.8) is 0 Å². The molecule has 0 bridgehead atoms. The van der Waals surface area contributed by atoms with Gasteiger partial charge in [-0.1, -0.05) is 12.1 Å². The van der Waals surface area contributed by atoms with Crippen molar-refractivity contribution >= 4 is 0 Å². The normalized spacial score (nSPS) is 14.0. The second kappa shape index (κ2) is 7.33. The quantitative estimate of drug-likeness (QED) is 0.798. The van der Waals surface area contributed by atoms with Crippen LogP contribution in [0.5, 0.6) is 11.5 Å². The van der Waals surface area contributed by atoms with Crippen LogP contribution >= 0.6 is 0 Å². The summed E-state index contributed by atoms with van der Waals surface area (Å²) < 4.78 is 12.5. The smallest absolute Gasteiger partial charge is 0.250 e. The Morgan fingerprint density at radius 2 is 2.04 bits per heavy atom. The number of fused-ring (bicyclic) bond motifs is 1. The molecular formula is C18H22N2O3. The zero-order valence-corrected chi connectivity index (χ0v) is 13.3. The highest BCUT2D eigenvalue weighted by Crippen LogP contribution is 2.34. The van der Waals surface area contributed by atoms with E-state index in [1.807, 2.05) is 24.4 Å². The van der Waals surface area contributed by atoms with Gasteiger partial charge in [0.25, 0.3) is 0 Å². The molecule has 1 aliphatic heterocycles. The molecule has 0 unspecified atom stereocenters. The fraction of sp³-hybridized carbons (Fsp3) is 0.389. The van der Waals surface area contributed by atoms with Crippen molar-refractivity contribution in [2.75, 3.05) is 13.3 Å². The standard InChI is InChI=1S/C18H22N2O3/c1-14(15-7-8-16-17(12-15)23-13-22-16)19-9-3-5-11-20-10-4-2-6-18(20)21/h2,4,6-8,10,12,14,19H,3,5,9,11,13H2,1H3/t14-/m1/s1. The number of hydrogen-bond donors (Lipinski definition) is 1. The number of unbranched alkanes of at least 4 members (excludes halogenated alkanes) is 1. The van der Waals surface area contributed by atoms with Crippen molar-refractivity contribution < 1.29 is 9.47 Å². The van der Waals surface area contributed by atoms with Crippen molar-refractivity contribution in [1.29, 1.82) is 0 Å². The lowest BCUT2D eigenvalue weighted by Crippen LogP contribution is -2.21. The number of ether oxygens (including phenoxy) is 2. The summed E-state index contributed by atoms with van der Waals surface area (Å²) in [5.74, 6) is 1.63. The Kier molecular flexibility index (Phi) is 4.98. The van der Waals surface area contributed by atoms with E-state index in [0.29, 0.717) is 6.79 Å². The number of pyridine rings is 1. The van der Waals surface area contributed by atoms with E-state index in [1.165, 1.54) is 5.56 Å². The minimum absolute atomic E-state index is 0.0641. The van der Waals surface area contributed by atoms with Crippen LogP contribution in [0.15, 0.2) is 47.4 Å². The fourth-order valence-corrected chi connectivity index (χ4v) is 2.67. The summed E-state index contributed by atoms with van der Waals surface area (Å²) in [7, 11) is 0. The van der Waals surface area contributed by atoms with Gasteiger partial charge in [-0.25, -0.2) is 0 Å². The van der Waals surface area contributed by atoms with Gasteiger partial charge in [0.1, 0.15) is 0 Å². The Balaban J connectivity index is 1.42. The van der Waals surface area contributed by atoms with E-state index < -0.39 is 0 Å². The Morgan fingerprint density at radius 3 is 2.91 bits per heavy atom. The van der Waals surface area contributed by atoms with Gasteiger partial charge in [0, 0.05) is 24.8 Å². The molecule has 1 atom stereocenters. The Labute approximate surface area is 135 Å². The first-order valence-corrected chi connectivity index (χ1v) is 8.02. The summed E-state index contributed by atoms with van der Waals surface area (Å²) in [6.07, 6.45) is 3.84. The highest BCUT2D eigenvalue weighted by Gasteiger charge is 2.15. The molecule has 0 aliphatic carbocycles. The van der Waals surface area contributed by atoms with Crippen molar-refractivity contribution in [3.05, 3.63) is 58.5 Å². The van der Waals surface area contributed by atoms with Crippen LogP contribution in [0.1, 0.15) is 31.4 Å². The van der Waals surface area contributed by atoms with E-state index in [1.54, 1.807) is 16.7 Å². The average molecular weight is 314 g/mol. The van der Waals surface area contributed by atoms with Crippen LogP contribution in [0.25, 0.3) is 0 Å². The van der Waals surface area contributed by atoms with Gasteiger partial charge in [-0.15, -0.1) is 0 Å². The maximum atomic E-state index is 11.6. The Hall–Kier alpha value is -2.27. The van der Waals surface area contributed by atoms with E-state index in [4.69, 9.17) is 9.47 Å². The number of nitrogens with zero attached hydrogens (tertiary/aromatic N) is 1. The minimum atomic E-state index is 0.0641. The zero-order chi connectivity index (χ0) is 16.1. The van der Waals surface area contributed by atoms with Gasteiger partial charge >= 0.3 is 0 Å². The van der Waals surface area contributed by atoms with E-state index in [-0.39, 0.29) is 11.6 Å². The summed E-state index contributed by atoms with van der Waals surface area (Å²) >= 11 is 0. The topological polar surface area (TPSA) is 52.5 Å². The van der Waals surface area contributed by atoms with Gasteiger partial charge in [-0.3, -0.25) is 4.79 Å². The molecule has 0 saturated carbocycles. The van der Waals surface area contributed by atoms with E-state index in [0.717, 1.165) is 37.4 Å². The Morgan fingerprint density at radius 1 is 1.17 bits per heavy atom. The minimum Gasteiger partial charge on any atom is -0.454 e. The maximum absolute atomic E-state index is 11.6. The first-order valence-electron chi connectivity index (χ1n) is 8.02. The third-order valence-electron chi connectivity index (χ3n) is 4.07. The molecule has 5 heteroatoms. The van der Waals surface area contributed by atoms with Crippen LogP contribution in [-0.2, 0) is 6.54 Å². The second-order valence-electron chi connectivity index (χ2n) is 5.73. The molecule has 1 N–H and O–H groups in total. The molecule has 3 rings (SSSR count). The van der Waals surface area contributed by atoms with Gasteiger partial charge in [0.15, 0.2) is 11.5 Å². The zero-order valence-electron chi connectivity index (χ0n) is 13.3. The average Bonchev–Trinajstić information content (AvgIpc) is 3.03. The lowest BCUT2D eigenvalue weighted by atomic mass is 10.1. The summed E-state index contributed by atoms with van der Waals surface area (Å²) in [6.45, 7) is 4.12. The lowest BCUT2D eigenvalue weighted by molar-refractivity contribution is 0.174. The molecule has 2 aromatic rings. The number of hydrogen-bond acceptors (Lipinski definition) is 4. The fourth-order valence-electron chi connectivity index (χ4n) is 2.67. The van der Waals surface area contributed by atoms with Gasteiger partial charge in [0.05, 0.1) is 0 Å². The van der Waals surface area contributed by atoms with Gasteiger partial charge in [0.2, 0.25) is 12.4 Å². The highest BCUT2D eigenvalue weighted by molar-refractivity contribution is 5.45. The van der Waals surface area contributed by atoms with Crippen LogP contribution in [-0.4, -0.2) is 17.9 Å². The molecule has 2 heterocycles. The predicted octanol–water partition coefficient (Wildman–Crippen LogP) is 2.71. The van der Waals surface area contributed by atoms with Crippen molar-refractivity contribution in [2.45, 2.75) is 32.4 Å². The van der Waals surface area contributed by atoms with E-state index in [9.17, 15) is 4.79 Å². The van der Waals surface area contributed by atoms with Gasteiger partial charge < -0.3 is 19.4 Å². The third-order valence-corrected chi connectivity index (χ3v) is 4.07.